The lowest BCUT2D eigenvalue weighted by Crippen LogP contribution is -2.23. The van der Waals surface area contributed by atoms with E-state index in [0.29, 0.717) is 11.5 Å². The van der Waals surface area contributed by atoms with Gasteiger partial charge in [0.2, 0.25) is 5.91 Å². The number of aromatic carboxylic acids is 1. The molecule has 1 amide bonds. The summed E-state index contributed by atoms with van der Waals surface area (Å²) in [5.41, 5.74) is 0.660. The van der Waals surface area contributed by atoms with Crippen molar-refractivity contribution in [2.45, 2.75) is 26.4 Å². The van der Waals surface area contributed by atoms with Crippen LogP contribution in [0.1, 0.15) is 36.7 Å². The van der Waals surface area contributed by atoms with Crippen LogP contribution in [0.5, 0.6) is 11.5 Å². The average Bonchev–Trinajstić information content (AvgIpc) is 2.60. The fraction of sp³-hybridized carbons (Fsp3) is 0.238. The Morgan fingerprint density at radius 1 is 1.07 bits per heavy atom. The third-order valence-corrected chi connectivity index (χ3v) is 3.45. The van der Waals surface area contributed by atoms with Crippen LogP contribution in [0.25, 0.3) is 6.08 Å². The van der Waals surface area contributed by atoms with Gasteiger partial charge in [-0.15, -0.1) is 0 Å². The maximum atomic E-state index is 12.1. The number of hydrogen-bond acceptors (Lipinski definition) is 4. The first-order chi connectivity index (χ1) is 12.7. The van der Waals surface area contributed by atoms with Crippen molar-refractivity contribution in [3.05, 3.63) is 59.7 Å². The summed E-state index contributed by atoms with van der Waals surface area (Å²) in [6, 6.07) is 11.6. The lowest BCUT2D eigenvalue weighted by Gasteiger charge is -2.22. The van der Waals surface area contributed by atoms with Crippen molar-refractivity contribution in [3.8, 4) is 11.5 Å². The van der Waals surface area contributed by atoms with Gasteiger partial charge >= 0.3 is 5.97 Å². The largest absolute Gasteiger partial charge is 0.493 e. The van der Waals surface area contributed by atoms with Crippen LogP contribution < -0.4 is 14.8 Å². The van der Waals surface area contributed by atoms with Gasteiger partial charge in [-0.05, 0) is 56.7 Å². The zero-order valence-electron chi connectivity index (χ0n) is 15.8. The molecule has 142 valence electrons. The molecule has 2 N–H and O–H groups in total. The summed E-state index contributed by atoms with van der Waals surface area (Å²) >= 11 is 0. The van der Waals surface area contributed by atoms with Crippen LogP contribution in [-0.4, -0.2) is 29.7 Å². The zero-order valence-corrected chi connectivity index (χ0v) is 15.8. The Labute approximate surface area is 158 Å². The molecule has 0 aromatic heterocycles. The van der Waals surface area contributed by atoms with E-state index in [-0.39, 0.29) is 16.9 Å². The van der Waals surface area contributed by atoms with Crippen molar-refractivity contribution < 1.29 is 24.2 Å². The molecule has 6 heteroatoms. The number of rotatable bonds is 6. The molecule has 0 bridgehead atoms. The van der Waals surface area contributed by atoms with Crippen LogP contribution >= 0.6 is 0 Å². The van der Waals surface area contributed by atoms with E-state index in [1.165, 1.54) is 18.2 Å². The standard InChI is InChI=1S/C21H23NO5/c1-21(2,3)27-17-11-9-14(13-18(17)26-4)10-12-19(23)22-16-8-6-5-7-15(16)20(24)25/h5-13H,1-4H3,(H,22,23)(H,24,25)/b12-10+. The van der Waals surface area contributed by atoms with Crippen molar-refractivity contribution in [3.63, 3.8) is 0 Å². The number of ether oxygens (including phenoxy) is 2. The van der Waals surface area contributed by atoms with Crippen molar-refractivity contribution in [1.82, 2.24) is 0 Å². The summed E-state index contributed by atoms with van der Waals surface area (Å²) in [7, 11) is 1.55. The first-order valence-corrected chi connectivity index (χ1v) is 8.38. The topological polar surface area (TPSA) is 84.9 Å². The third kappa shape index (κ3) is 5.88. The summed E-state index contributed by atoms with van der Waals surface area (Å²) in [6.07, 6.45) is 2.94. The van der Waals surface area contributed by atoms with E-state index in [1.807, 2.05) is 20.8 Å². The van der Waals surface area contributed by atoms with Crippen LogP contribution in [0.2, 0.25) is 0 Å². The summed E-state index contributed by atoms with van der Waals surface area (Å²) in [6.45, 7) is 5.83. The third-order valence-electron chi connectivity index (χ3n) is 3.45. The Bertz CT molecular complexity index is 865. The van der Waals surface area contributed by atoms with E-state index in [9.17, 15) is 9.59 Å². The molecule has 0 heterocycles. The molecule has 0 aliphatic heterocycles. The van der Waals surface area contributed by atoms with Gasteiger partial charge in [-0.2, -0.15) is 0 Å². The van der Waals surface area contributed by atoms with E-state index >= 15 is 0 Å². The lowest BCUT2D eigenvalue weighted by molar-refractivity contribution is -0.111. The molecular formula is C21H23NO5. The van der Waals surface area contributed by atoms with E-state index in [4.69, 9.17) is 14.6 Å². The van der Waals surface area contributed by atoms with Gasteiger partial charge in [-0.1, -0.05) is 18.2 Å². The number of hydrogen-bond donors (Lipinski definition) is 2. The Morgan fingerprint density at radius 2 is 1.78 bits per heavy atom. The molecule has 0 spiro atoms. The van der Waals surface area contributed by atoms with Gasteiger partial charge in [0.25, 0.3) is 0 Å². The van der Waals surface area contributed by atoms with E-state index < -0.39 is 11.9 Å². The number of methoxy groups -OCH3 is 1. The second kappa shape index (κ2) is 8.40. The molecule has 0 aliphatic rings. The summed E-state index contributed by atoms with van der Waals surface area (Å²) < 4.78 is 11.2. The van der Waals surface area contributed by atoms with Crippen LogP contribution in [0.3, 0.4) is 0 Å². The molecule has 0 saturated heterocycles. The van der Waals surface area contributed by atoms with Crippen LogP contribution in [0.15, 0.2) is 48.5 Å². The number of carbonyl (C=O) groups is 2. The number of benzene rings is 2. The van der Waals surface area contributed by atoms with Crippen molar-refractivity contribution in [1.29, 1.82) is 0 Å². The predicted octanol–water partition coefficient (Wildman–Crippen LogP) is 4.22. The van der Waals surface area contributed by atoms with Crippen molar-refractivity contribution in [2.75, 3.05) is 12.4 Å². The molecule has 0 atom stereocenters. The molecular weight excluding hydrogens is 346 g/mol. The highest BCUT2D eigenvalue weighted by molar-refractivity contribution is 6.06. The Hall–Kier alpha value is -3.28. The number of carbonyl (C=O) groups excluding carboxylic acids is 1. The molecule has 0 unspecified atom stereocenters. The SMILES string of the molecule is COc1cc(/C=C/C(=O)Nc2ccccc2C(=O)O)ccc1OC(C)(C)C. The van der Waals surface area contributed by atoms with Gasteiger partial charge in [0.1, 0.15) is 5.60 Å². The lowest BCUT2D eigenvalue weighted by atomic mass is 10.1. The van der Waals surface area contributed by atoms with Crippen molar-refractivity contribution in [2.24, 2.45) is 0 Å². The minimum absolute atomic E-state index is 0.0320. The summed E-state index contributed by atoms with van der Waals surface area (Å²) in [5, 5.41) is 11.7. The minimum atomic E-state index is -1.10. The monoisotopic (exact) mass is 369 g/mol. The number of anilines is 1. The van der Waals surface area contributed by atoms with Gasteiger partial charge in [0.05, 0.1) is 18.4 Å². The van der Waals surface area contributed by atoms with Gasteiger partial charge in [-0.25, -0.2) is 4.79 Å². The molecule has 27 heavy (non-hydrogen) atoms. The Balaban J connectivity index is 2.13. The summed E-state index contributed by atoms with van der Waals surface area (Å²) in [5.74, 6) is -0.363. The first-order valence-electron chi connectivity index (χ1n) is 8.38. The molecule has 0 radical (unpaired) electrons. The predicted molar refractivity (Wildman–Crippen MR) is 104 cm³/mol. The maximum absolute atomic E-state index is 12.1. The number of nitrogens with one attached hydrogen (secondary N) is 1. The highest BCUT2D eigenvalue weighted by Gasteiger charge is 2.15. The van der Waals surface area contributed by atoms with E-state index in [1.54, 1.807) is 43.5 Å². The van der Waals surface area contributed by atoms with Crippen LogP contribution in [0, 0.1) is 0 Å². The van der Waals surface area contributed by atoms with Gasteiger partial charge in [-0.3, -0.25) is 4.79 Å². The molecule has 2 aromatic carbocycles. The van der Waals surface area contributed by atoms with Crippen molar-refractivity contribution >= 4 is 23.6 Å². The Kier molecular flexibility index (Phi) is 6.23. The van der Waals surface area contributed by atoms with Crippen LogP contribution in [0.4, 0.5) is 5.69 Å². The number of carboxylic acid groups (broad SMARTS) is 1. The number of amides is 1. The molecule has 0 saturated carbocycles. The first kappa shape index (κ1) is 20.0. The molecule has 0 aliphatic carbocycles. The molecule has 2 rings (SSSR count). The fourth-order valence-electron chi connectivity index (χ4n) is 2.33. The fourth-order valence-corrected chi connectivity index (χ4v) is 2.33. The second-order valence-corrected chi connectivity index (χ2v) is 6.80. The molecule has 0 fully saturated rings. The minimum Gasteiger partial charge on any atom is -0.493 e. The highest BCUT2D eigenvalue weighted by atomic mass is 16.5. The smallest absolute Gasteiger partial charge is 0.337 e. The van der Waals surface area contributed by atoms with Gasteiger partial charge < -0.3 is 19.9 Å². The van der Waals surface area contributed by atoms with Gasteiger partial charge in [0.15, 0.2) is 11.5 Å². The zero-order chi connectivity index (χ0) is 20.0. The molecule has 6 nitrogen and oxygen atoms in total. The number of para-hydroxylation sites is 1. The van der Waals surface area contributed by atoms with E-state index in [0.717, 1.165) is 5.56 Å². The highest BCUT2D eigenvalue weighted by Crippen LogP contribution is 2.31. The normalized spacial score (nSPS) is 11.3. The van der Waals surface area contributed by atoms with E-state index in [2.05, 4.69) is 5.32 Å². The summed E-state index contributed by atoms with van der Waals surface area (Å²) in [4.78, 5) is 23.3. The van der Waals surface area contributed by atoms with Crippen LogP contribution in [-0.2, 0) is 4.79 Å². The maximum Gasteiger partial charge on any atom is 0.337 e. The van der Waals surface area contributed by atoms with Gasteiger partial charge in [0, 0.05) is 6.08 Å². The molecule has 2 aromatic rings. The quantitative estimate of drug-likeness (QED) is 0.745. The number of carboxylic acids is 1. The average molecular weight is 369 g/mol. The Morgan fingerprint density at radius 3 is 2.41 bits per heavy atom. The second-order valence-electron chi connectivity index (χ2n) is 6.80.